The van der Waals surface area contributed by atoms with Crippen LogP contribution in [0.25, 0.3) is 10.8 Å². The van der Waals surface area contributed by atoms with Crippen LogP contribution in [0.5, 0.6) is 0 Å². The maximum absolute atomic E-state index is 12.0. The Hall–Kier alpha value is -2.35. The summed E-state index contributed by atoms with van der Waals surface area (Å²) in [4.78, 5) is 23.8. The number of halogens is 2. The van der Waals surface area contributed by atoms with E-state index in [0.29, 0.717) is 21.4 Å². The van der Waals surface area contributed by atoms with Crippen LogP contribution in [0.15, 0.2) is 46.0 Å². The zero-order valence-electron chi connectivity index (χ0n) is 11.9. The fourth-order valence-corrected chi connectivity index (χ4v) is 2.88. The molecule has 0 amide bonds. The van der Waals surface area contributed by atoms with E-state index in [0.717, 1.165) is 0 Å². The summed E-state index contributed by atoms with van der Waals surface area (Å²) in [6.45, 7) is 0. The first-order valence-electron chi connectivity index (χ1n) is 6.72. The molecule has 0 atom stereocenters. The predicted octanol–water partition coefficient (Wildman–Crippen LogP) is 3.33. The van der Waals surface area contributed by atoms with Crippen LogP contribution in [-0.4, -0.2) is 15.3 Å². The lowest BCUT2D eigenvalue weighted by molar-refractivity contribution is 0.977. The molecule has 1 aromatic heterocycles. The quantitative estimate of drug-likeness (QED) is 0.512. The number of H-pyrrole nitrogens is 2. The SMILES string of the molecule is O=c1[nH][nH]c(=O)c2c(NC(=S)Nc3ccc(Cl)cc3Cl)cccc12. The molecule has 4 N–H and O–H groups in total. The Balaban J connectivity index is 1.93. The van der Waals surface area contributed by atoms with Gasteiger partial charge in [-0.2, -0.15) is 0 Å². The predicted molar refractivity (Wildman–Crippen MR) is 101 cm³/mol. The Labute approximate surface area is 150 Å². The van der Waals surface area contributed by atoms with Gasteiger partial charge in [0.2, 0.25) is 0 Å². The fraction of sp³-hybridized carbons (Fsp3) is 0. The molecule has 0 aliphatic carbocycles. The number of nitrogens with one attached hydrogen (secondary N) is 4. The highest BCUT2D eigenvalue weighted by atomic mass is 35.5. The molecule has 0 unspecified atom stereocenters. The molecule has 2 aromatic carbocycles. The van der Waals surface area contributed by atoms with E-state index >= 15 is 0 Å². The van der Waals surface area contributed by atoms with Crippen molar-refractivity contribution in [3.8, 4) is 0 Å². The Morgan fingerprint density at radius 1 is 0.958 bits per heavy atom. The molecule has 122 valence electrons. The summed E-state index contributed by atoms with van der Waals surface area (Å²) in [6, 6.07) is 9.78. The van der Waals surface area contributed by atoms with Gasteiger partial charge in [0.1, 0.15) is 0 Å². The van der Waals surface area contributed by atoms with Gasteiger partial charge in [0, 0.05) is 5.02 Å². The normalized spacial score (nSPS) is 10.6. The Bertz CT molecular complexity index is 1060. The highest BCUT2D eigenvalue weighted by Crippen LogP contribution is 2.25. The van der Waals surface area contributed by atoms with Gasteiger partial charge in [0.05, 0.1) is 27.2 Å². The summed E-state index contributed by atoms with van der Waals surface area (Å²) in [5.74, 6) is 0. The van der Waals surface area contributed by atoms with E-state index in [4.69, 9.17) is 35.4 Å². The van der Waals surface area contributed by atoms with Gasteiger partial charge in [-0.15, -0.1) is 0 Å². The minimum absolute atomic E-state index is 0.214. The molecule has 9 heteroatoms. The van der Waals surface area contributed by atoms with Crippen LogP contribution in [0.4, 0.5) is 11.4 Å². The maximum Gasteiger partial charge on any atom is 0.272 e. The van der Waals surface area contributed by atoms with Gasteiger partial charge in [-0.25, -0.2) is 0 Å². The Morgan fingerprint density at radius 2 is 1.67 bits per heavy atom. The second-order valence-corrected chi connectivity index (χ2v) is 6.09. The van der Waals surface area contributed by atoms with Crippen LogP contribution in [0.3, 0.4) is 0 Å². The molecule has 0 saturated heterocycles. The van der Waals surface area contributed by atoms with E-state index in [2.05, 4.69) is 20.8 Å². The van der Waals surface area contributed by atoms with Gasteiger partial charge >= 0.3 is 0 Å². The number of hydrogen-bond acceptors (Lipinski definition) is 3. The van der Waals surface area contributed by atoms with Crippen molar-refractivity contribution in [1.82, 2.24) is 10.2 Å². The lowest BCUT2D eigenvalue weighted by atomic mass is 10.1. The average Bonchev–Trinajstić information content (AvgIpc) is 2.54. The van der Waals surface area contributed by atoms with Gasteiger partial charge in [-0.3, -0.25) is 19.8 Å². The number of benzene rings is 2. The van der Waals surface area contributed by atoms with Gasteiger partial charge in [0.15, 0.2) is 5.11 Å². The van der Waals surface area contributed by atoms with Gasteiger partial charge in [-0.1, -0.05) is 29.3 Å². The Kier molecular flexibility index (Phi) is 4.57. The second kappa shape index (κ2) is 6.64. The number of thiocarbonyl (C=S) groups is 1. The molecule has 1 heterocycles. The number of aromatic amines is 2. The third-order valence-electron chi connectivity index (χ3n) is 3.25. The van der Waals surface area contributed by atoms with Gasteiger partial charge in [0.25, 0.3) is 11.1 Å². The minimum atomic E-state index is -0.431. The van der Waals surface area contributed by atoms with Gasteiger partial charge in [-0.05, 0) is 42.5 Å². The largest absolute Gasteiger partial charge is 0.332 e. The molecule has 0 bridgehead atoms. The van der Waals surface area contributed by atoms with Gasteiger partial charge < -0.3 is 10.6 Å². The van der Waals surface area contributed by atoms with Crippen LogP contribution in [0.1, 0.15) is 0 Å². The molecule has 0 spiro atoms. The van der Waals surface area contributed by atoms with E-state index < -0.39 is 11.1 Å². The summed E-state index contributed by atoms with van der Waals surface area (Å²) < 4.78 is 0. The summed E-state index contributed by atoms with van der Waals surface area (Å²) in [5, 5.41) is 12.0. The zero-order valence-corrected chi connectivity index (χ0v) is 14.3. The van der Waals surface area contributed by atoms with Crippen molar-refractivity contribution in [2.24, 2.45) is 0 Å². The van der Waals surface area contributed by atoms with Crippen LogP contribution >= 0.6 is 35.4 Å². The third kappa shape index (κ3) is 3.28. The van der Waals surface area contributed by atoms with Crippen molar-refractivity contribution in [3.05, 3.63) is 67.2 Å². The molecule has 0 aliphatic heterocycles. The first kappa shape index (κ1) is 16.5. The monoisotopic (exact) mass is 380 g/mol. The van der Waals surface area contributed by atoms with E-state index in [1.165, 1.54) is 0 Å². The Morgan fingerprint density at radius 3 is 2.42 bits per heavy atom. The molecule has 0 saturated carbocycles. The molecule has 3 rings (SSSR count). The van der Waals surface area contributed by atoms with Crippen LogP contribution in [0, 0.1) is 0 Å². The first-order valence-corrected chi connectivity index (χ1v) is 7.89. The summed E-state index contributed by atoms with van der Waals surface area (Å²) in [6.07, 6.45) is 0. The highest BCUT2D eigenvalue weighted by molar-refractivity contribution is 7.80. The number of aromatic nitrogens is 2. The first-order chi connectivity index (χ1) is 11.5. The van der Waals surface area contributed by atoms with Crippen LogP contribution < -0.4 is 21.8 Å². The molecule has 3 aromatic rings. The minimum Gasteiger partial charge on any atom is -0.332 e. The highest BCUT2D eigenvalue weighted by Gasteiger charge is 2.10. The number of anilines is 2. The lowest BCUT2D eigenvalue weighted by Crippen LogP contribution is -2.23. The molecule has 0 fully saturated rings. The smallest absolute Gasteiger partial charge is 0.272 e. The number of hydrogen-bond donors (Lipinski definition) is 4. The summed E-state index contributed by atoms with van der Waals surface area (Å²) >= 11 is 17.2. The third-order valence-corrected chi connectivity index (χ3v) is 4.01. The molecule has 0 radical (unpaired) electrons. The van der Waals surface area contributed by atoms with Crippen molar-refractivity contribution in [2.75, 3.05) is 10.6 Å². The van der Waals surface area contributed by atoms with E-state index in [1.807, 2.05) is 0 Å². The fourth-order valence-electron chi connectivity index (χ4n) is 2.20. The summed E-state index contributed by atoms with van der Waals surface area (Å²) in [5.41, 5.74) is 0.140. The van der Waals surface area contributed by atoms with E-state index in [1.54, 1.807) is 36.4 Å². The number of rotatable bonds is 2. The molecular formula is C15H10Cl2N4O2S. The second-order valence-electron chi connectivity index (χ2n) is 4.84. The zero-order chi connectivity index (χ0) is 17.3. The van der Waals surface area contributed by atoms with Crippen LogP contribution in [-0.2, 0) is 0 Å². The van der Waals surface area contributed by atoms with Crippen molar-refractivity contribution in [1.29, 1.82) is 0 Å². The maximum atomic E-state index is 12.0. The van der Waals surface area contributed by atoms with Crippen molar-refractivity contribution < 1.29 is 0 Å². The molecule has 6 nitrogen and oxygen atoms in total. The van der Waals surface area contributed by atoms with Crippen LogP contribution in [0.2, 0.25) is 10.0 Å². The van der Waals surface area contributed by atoms with Crippen molar-refractivity contribution in [3.63, 3.8) is 0 Å². The standard InChI is InChI=1S/C15H10Cl2N4O2S/c16-7-4-5-10(9(17)6-7)18-15(24)19-11-3-1-2-8-12(11)14(23)21-20-13(8)22/h1-6H,(H,20,22)(H,21,23)(H2,18,19,24). The number of fused-ring (bicyclic) bond motifs is 1. The van der Waals surface area contributed by atoms with Crippen molar-refractivity contribution in [2.45, 2.75) is 0 Å². The molecule has 0 aliphatic rings. The average molecular weight is 381 g/mol. The topological polar surface area (TPSA) is 89.8 Å². The molecular weight excluding hydrogens is 371 g/mol. The van der Waals surface area contributed by atoms with E-state index in [9.17, 15) is 9.59 Å². The molecule has 24 heavy (non-hydrogen) atoms. The summed E-state index contributed by atoms with van der Waals surface area (Å²) in [7, 11) is 0. The van der Waals surface area contributed by atoms with E-state index in [-0.39, 0.29) is 15.9 Å². The lowest BCUT2D eigenvalue weighted by Gasteiger charge is -2.13. The van der Waals surface area contributed by atoms with Crippen molar-refractivity contribution >= 4 is 62.7 Å².